The van der Waals surface area contributed by atoms with Crippen molar-refractivity contribution in [2.24, 2.45) is 11.7 Å². The normalized spacial score (nSPS) is 15.4. The van der Waals surface area contributed by atoms with E-state index in [9.17, 15) is 14.4 Å². The monoisotopic (exact) mass is 249 g/mol. The van der Waals surface area contributed by atoms with Gasteiger partial charge in [0.25, 0.3) is 0 Å². The fraction of sp³-hybridized carbons (Fsp3) is 0.308. The molecule has 2 unspecified atom stereocenters. The molecule has 1 rings (SSSR count). The van der Waals surface area contributed by atoms with E-state index in [-0.39, 0.29) is 6.29 Å². The Bertz CT molecular complexity index is 457. The second-order valence-electron chi connectivity index (χ2n) is 4.25. The molecule has 0 aliphatic rings. The molecule has 0 amide bonds. The molecule has 0 saturated heterocycles. The summed E-state index contributed by atoms with van der Waals surface area (Å²) in [5.41, 5.74) is 4.30. The maximum absolute atomic E-state index is 11.4. The molecule has 0 fully saturated rings. The summed E-state index contributed by atoms with van der Waals surface area (Å²) in [4.78, 5) is 33.1. The van der Waals surface area contributed by atoms with Crippen LogP contribution < -0.4 is 5.73 Å². The van der Waals surface area contributed by atoms with E-state index in [4.69, 9.17) is 10.8 Å². The van der Waals surface area contributed by atoms with Gasteiger partial charge >= 0.3 is 5.97 Å². The number of rotatable bonds is 6. The van der Waals surface area contributed by atoms with Crippen molar-refractivity contribution in [2.75, 3.05) is 0 Å². The van der Waals surface area contributed by atoms with Gasteiger partial charge in [0.15, 0.2) is 11.8 Å². The lowest BCUT2D eigenvalue weighted by Crippen LogP contribution is -2.60. The quantitative estimate of drug-likeness (QED) is 0.432. The van der Waals surface area contributed by atoms with Crippen LogP contribution in [-0.4, -0.2) is 28.7 Å². The molecule has 2 atom stereocenters. The smallest absolute Gasteiger partial charge is 0.332 e. The minimum absolute atomic E-state index is 0.0321. The number of ketones is 1. The van der Waals surface area contributed by atoms with Gasteiger partial charge in [0.2, 0.25) is 5.78 Å². The molecule has 18 heavy (non-hydrogen) atoms. The standard InChI is InChI=1S/C13H15NO4/c1-9(7-10-5-3-2-4-6-10)13(14,12(17)18)11(16)8-15/h2-6,8-9H,7,14H2,1H3,(H,17,18). The fourth-order valence-corrected chi connectivity index (χ4v) is 1.79. The molecule has 96 valence electrons. The van der Waals surface area contributed by atoms with Crippen molar-refractivity contribution in [1.29, 1.82) is 0 Å². The highest BCUT2D eigenvalue weighted by Gasteiger charge is 2.46. The van der Waals surface area contributed by atoms with Crippen LogP contribution in [-0.2, 0) is 20.8 Å². The highest BCUT2D eigenvalue weighted by Crippen LogP contribution is 2.20. The third-order valence-corrected chi connectivity index (χ3v) is 3.03. The van der Waals surface area contributed by atoms with Gasteiger partial charge in [0, 0.05) is 0 Å². The Morgan fingerprint density at radius 1 is 1.39 bits per heavy atom. The van der Waals surface area contributed by atoms with Crippen LogP contribution in [0.1, 0.15) is 12.5 Å². The molecule has 5 nitrogen and oxygen atoms in total. The van der Waals surface area contributed by atoms with Gasteiger partial charge in [-0.15, -0.1) is 0 Å². The van der Waals surface area contributed by atoms with Crippen LogP contribution in [0.4, 0.5) is 0 Å². The highest BCUT2D eigenvalue weighted by atomic mass is 16.4. The van der Waals surface area contributed by atoms with Crippen LogP contribution in [0.15, 0.2) is 30.3 Å². The number of carboxylic acids is 1. The molecule has 1 aromatic carbocycles. The number of Topliss-reactive ketones (excluding diaryl/α,β-unsaturated/α-hetero) is 1. The average Bonchev–Trinajstić information content (AvgIpc) is 2.37. The summed E-state index contributed by atoms with van der Waals surface area (Å²) in [5.74, 6) is -3.28. The Balaban J connectivity index is 2.98. The predicted molar refractivity (Wildman–Crippen MR) is 64.9 cm³/mol. The van der Waals surface area contributed by atoms with Crippen LogP contribution in [0, 0.1) is 5.92 Å². The molecule has 0 spiro atoms. The van der Waals surface area contributed by atoms with Crippen molar-refractivity contribution >= 4 is 18.0 Å². The van der Waals surface area contributed by atoms with Crippen LogP contribution in [0.2, 0.25) is 0 Å². The molecule has 1 aromatic rings. The van der Waals surface area contributed by atoms with Gasteiger partial charge in [0.1, 0.15) is 0 Å². The van der Waals surface area contributed by atoms with Crippen LogP contribution in [0.25, 0.3) is 0 Å². The van der Waals surface area contributed by atoms with Gasteiger partial charge in [-0.2, -0.15) is 0 Å². The molecular weight excluding hydrogens is 234 g/mol. The number of hydrogen-bond acceptors (Lipinski definition) is 4. The van der Waals surface area contributed by atoms with Crippen molar-refractivity contribution in [3.8, 4) is 0 Å². The zero-order valence-corrected chi connectivity index (χ0v) is 10.00. The molecule has 0 saturated carbocycles. The lowest BCUT2D eigenvalue weighted by atomic mass is 9.79. The number of aldehydes is 1. The van der Waals surface area contributed by atoms with Gasteiger partial charge in [-0.1, -0.05) is 37.3 Å². The first-order valence-corrected chi connectivity index (χ1v) is 5.48. The first kappa shape index (κ1) is 14.1. The summed E-state index contributed by atoms with van der Waals surface area (Å²) in [5, 5.41) is 9.08. The largest absolute Gasteiger partial charge is 0.480 e. The molecule has 5 heteroatoms. The number of aliphatic carboxylic acids is 1. The van der Waals surface area contributed by atoms with Gasteiger partial charge < -0.3 is 10.8 Å². The number of nitrogens with two attached hydrogens (primary N) is 1. The molecule has 0 aliphatic carbocycles. The van der Waals surface area contributed by atoms with E-state index in [0.717, 1.165) is 5.56 Å². The zero-order valence-electron chi connectivity index (χ0n) is 10.00. The van der Waals surface area contributed by atoms with Gasteiger partial charge in [-0.25, -0.2) is 4.79 Å². The second kappa shape index (κ2) is 5.55. The first-order valence-electron chi connectivity index (χ1n) is 5.48. The Hall–Kier alpha value is -2.01. The second-order valence-corrected chi connectivity index (χ2v) is 4.25. The summed E-state index contributed by atoms with van der Waals surface area (Å²) >= 11 is 0. The molecule has 0 radical (unpaired) electrons. The van der Waals surface area contributed by atoms with E-state index in [1.54, 1.807) is 6.92 Å². The summed E-state index contributed by atoms with van der Waals surface area (Å²) in [6.07, 6.45) is 0.277. The molecular formula is C13H15NO4. The molecule has 0 heterocycles. The topological polar surface area (TPSA) is 97.5 Å². The summed E-state index contributed by atoms with van der Waals surface area (Å²) < 4.78 is 0. The van der Waals surface area contributed by atoms with Gasteiger partial charge in [0.05, 0.1) is 0 Å². The molecule has 0 bridgehead atoms. The fourth-order valence-electron chi connectivity index (χ4n) is 1.79. The van der Waals surface area contributed by atoms with Crippen LogP contribution in [0.3, 0.4) is 0 Å². The predicted octanol–water partition coefficient (Wildman–Crippen LogP) is 0.415. The third kappa shape index (κ3) is 2.62. The van der Waals surface area contributed by atoms with Crippen molar-refractivity contribution in [3.63, 3.8) is 0 Å². The maximum atomic E-state index is 11.4. The van der Waals surface area contributed by atoms with E-state index < -0.39 is 23.2 Å². The summed E-state index contributed by atoms with van der Waals surface area (Å²) in [7, 11) is 0. The van der Waals surface area contributed by atoms with Crippen molar-refractivity contribution in [2.45, 2.75) is 18.9 Å². The number of carbonyl (C=O) groups is 3. The molecule has 0 aromatic heterocycles. The van der Waals surface area contributed by atoms with Crippen LogP contribution >= 0.6 is 0 Å². The number of benzene rings is 1. The number of carbonyl (C=O) groups excluding carboxylic acids is 2. The average molecular weight is 249 g/mol. The van der Waals surface area contributed by atoms with E-state index in [1.165, 1.54) is 0 Å². The SMILES string of the molecule is CC(Cc1ccccc1)C(N)(C(=O)O)C(=O)C=O. The Morgan fingerprint density at radius 3 is 2.39 bits per heavy atom. The van der Waals surface area contributed by atoms with Gasteiger partial charge in [-0.05, 0) is 17.9 Å². The van der Waals surface area contributed by atoms with E-state index in [2.05, 4.69) is 0 Å². The molecule has 0 aliphatic heterocycles. The summed E-state index contributed by atoms with van der Waals surface area (Å²) in [6.45, 7) is 1.54. The highest BCUT2D eigenvalue weighted by molar-refractivity contribution is 6.35. The Morgan fingerprint density at radius 2 is 1.94 bits per heavy atom. The zero-order chi connectivity index (χ0) is 13.8. The number of hydrogen-bond donors (Lipinski definition) is 2. The Labute approximate surface area is 105 Å². The minimum Gasteiger partial charge on any atom is -0.480 e. The maximum Gasteiger partial charge on any atom is 0.332 e. The lowest BCUT2D eigenvalue weighted by Gasteiger charge is -2.27. The first-order chi connectivity index (χ1) is 8.42. The van der Waals surface area contributed by atoms with E-state index in [1.807, 2.05) is 30.3 Å². The van der Waals surface area contributed by atoms with Gasteiger partial charge in [-0.3, -0.25) is 9.59 Å². The van der Waals surface area contributed by atoms with Crippen LogP contribution in [0.5, 0.6) is 0 Å². The number of carboxylic acid groups (broad SMARTS) is 1. The van der Waals surface area contributed by atoms with E-state index >= 15 is 0 Å². The van der Waals surface area contributed by atoms with E-state index in [0.29, 0.717) is 6.42 Å². The van der Waals surface area contributed by atoms with Crippen molar-refractivity contribution in [3.05, 3.63) is 35.9 Å². The summed E-state index contributed by atoms with van der Waals surface area (Å²) in [6, 6.07) is 9.07. The van der Waals surface area contributed by atoms with Crippen molar-refractivity contribution < 1.29 is 19.5 Å². The molecule has 3 N–H and O–H groups in total. The minimum atomic E-state index is -2.17. The lowest BCUT2D eigenvalue weighted by molar-refractivity contribution is -0.152. The van der Waals surface area contributed by atoms with Crippen molar-refractivity contribution in [1.82, 2.24) is 0 Å². The Kier molecular flexibility index (Phi) is 4.33. The third-order valence-electron chi connectivity index (χ3n) is 3.03.